The predicted molar refractivity (Wildman–Crippen MR) is 68.7 cm³/mol. The Bertz CT molecular complexity index is 516. The largest absolute Gasteiger partial charge is 0.496 e. The quantitative estimate of drug-likeness (QED) is 0.834. The van der Waals surface area contributed by atoms with Gasteiger partial charge in [0, 0.05) is 0 Å². The molecule has 18 heavy (non-hydrogen) atoms. The number of rotatable bonds is 2. The minimum absolute atomic E-state index is 0.259. The molecule has 0 unspecified atom stereocenters. The Kier molecular flexibility index (Phi) is 2.56. The number of halogens is 1. The maximum Gasteiger partial charge on any atom is 0.339 e. The molecular weight excluding hydrogens is 252 g/mol. The number of hydrogen-bond acceptors (Lipinski definition) is 2. The number of alkyl halides is 1. The summed E-state index contributed by atoms with van der Waals surface area (Å²) in [7, 11) is 1.50. The fourth-order valence-electron chi connectivity index (χ4n) is 3.44. The molecule has 0 spiro atoms. The van der Waals surface area contributed by atoms with Crippen molar-refractivity contribution in [3.8, 4) is 5.75 Å². The van der Waals surface area contributed by atoms with Gasteiger partial charge in [-0.3, -0.25) is 0 Å². The Hall–Kier alpha value is -1.22. The monoisotopic (exact) mass is 266 g/mol. The summed E-state index contributed by atoms with van der Waals surface area (Å²) in [5, 5.41) is 9.46. The van der Waals surface area contributed by atoms with E-state index in [1.165, 1.54) is 7.11 Å². The third-order valence-corrected chi connectivity index (χ3v) is 4.87. The van der Waals surface area contributed by atoms with Crippen LogP contribution in [0.3, 0.4) is 0 Å². The molecule has 1 fully saturated rings. The molecule has 1 aromatic rings. The van der Waals surface area contributed by atoms with E-state index in [1.54, 1.807) is 6.07 Å². The third kappa shape index (κ3) is 1.46. The number of carbonyl (C=O) groups is 1. The van der Waals surface area contributed by atoms with Crippen LogP contribution in [0.25, 0.3) is 0 Å². The van der Waals surface area contributed by atoms with Crippen LogP contribution in [0, 0.1) is 0 Å². The Morgan fingerprint density at radius 2 is 2.11 bits per heavy atom. The molecule has 0 radical (unpaired) electrons. The zero-order valence-corrected chi connectivity index (χ0v) is 11.0. The van der Waals surface area contributed by atoms with Gasteiger partial charge in [-0.15, -0.1) is 11.6 Å². The highest BCUT2D eigenvalue weighted by atomic mass is 35.5. The lowest BCUT2D eigenvalue weighted by Crippen LogP contribution is -2.35. The lowest BCUT2D eigenvalue weighted by Gasteiger charge is -2.45. The van der Waals surface area contributed by atoms with Crippen LogP contribution in [-0.2, 0) is 4.87 Å². The van der Waals surface area contributed by atoms with Crippen molar-refractivity contribution >= 4 is 17.6 Å². The van der Waals surface area contributed by atoms with Crippen molar-refractivity contribution in [2.24, 2.45) is 0 Å². The third-order valence-electron chi connectivity index (χ3n) is 4.30. The second kappa shape index (κ2) is 3.89. The van der Waals surface area contributed by atoms with Crippen molar-refractivity contribution in [3.05, 3.63) is 28.8 Å². The predicted octanol–water partition coefficient (Wildman–Crippen LogP) is 3.50. The van der Waals surface area contributed by atoms with Crippen molar-refractivity contribution in [1.29, 1.82) is 0 Å². The molecule has 1 saturated carbocycles. The number of carboxylic acid groups (broad SMARTS) is 1. The van der Waals surface area contributed by atoms with Crippen LogP contribution in [0.2, 0.25) is 0 Å². The van der Waals surface area contributed by atoms with E-state index in [0.29, 0.717) is 11.7 Å². The molecule has 96 valence electrons. The minimum atomic E-state index is -0.948. The van der Waals surface area contributed by atoms with Crippen molar-refractivity contribution < 1.29 is 14.6 Å². The number of ether oxygens (including phenoxy) is 1. The Morgan fingerprint density at radius 1 is 1.44 bits per heavy atom. The molecule has 3 aliphatic carbocycles. The molecule has 0 heterocycles. The van der Waals surface area contributed by atoms with Gasteiger partial charge in [-0.25, -0.2) is 4.79 Å². The highest BCUT2D eigenvalue weighted by molar-refractivity contribution is 6.25. The van der Waals surface area contributed by atoms with Gasteiger partial charge < -0.3 is 9.84 Å². The van der Waals surface area contributed by atoms with Gasteiger partial charge in [-0.1, -0.05) is 6.07 Å². The molecule has 4 rings (SSSR count). The summed E-state index contributed by atoms with van der Waals surface area (Å²) < 4.78 is 5.19. The molecule has 3 aliphatic rings. The average molecular weight is 267 g/mol. The van der Waals surface area contributed by atoms with E-state index in [9.17, 15) is 9.90 Å². The smallest absolute Gasteiger partial charge is 0.339 e. The van der Waals surface area contributed by atoms with Crippen molar-refractivity contribution in [2.45, 2.75) is 36.5 Å². The van der Waals surface area contributed by atoms with E-state index >= 15 is 0 Å². The second-order valence-corrected chi connectivity index (χ2v) is 5.88. The highest BCUT2D eigenvalue weighted by Gasteiger charge is 2.46. The van der Waals surface area contributed by atoms with Crippen LogP contribution in [0.5, 0.6) is 5.75 Å². The summed E-state index contributed by atoms with van der Waals surface area (Å²) in [6.07, 6.45) is 3.84. The lowest BCUT2D eigenvalue weighted by molar-refractivity contribution is 0.0689. The summed E-state index contributed by atoms with van der Waals surface area (Å²) in [5.74, 6) is -0.0743. The van der Waals surface area contributed by atoms with Crippen LogP contribution in [0.4, 0.5) is 0 Å². The Labute approximate surface area is 111 Å². The number of methoxy groups -OCH3 is 1. The summed E-state index contributed by atoms with van der Waals surface area (Å²) in [5.41, 5.74) is 2.17. The van der Waals surface area contributed by atoms with Gasteiger partial charge >= 0.3 is 5.97 Å². The van der Waals surface area contributed by atoms with Gasteiger partial charge in [0.1, 0.15) is 11.3 Å². The molecule has 0 aromatic heterocycles. The molecule has 0 saturated heterocycles. The van der Waals surface area contributed by atoms with Crippen molar-refractivity contribution in [3.63, 3.8) is 0 Å². The van der Waals surface area contributed by atoms with Crippen molar-refractivity contribution in [1.82, 2.24) is 0 Å². The van der Waals surface area contributed by atoms with Gasteiger partial charge in [0.15, 0.2) is 0 Å². The van der Waals surface area contributed by atoms with Gasteiger partial charge in [-0.05, 0) is 48.8 Å². The number of aromatic carboxylic acids is 1. The first-order valence-corrected chi connectivity index (χ1v) is 6.58. The van der Waals surface area contributed by atoms with Gasteiger partial charge in [0.2, 0.25) is 0 Å². The standard InChI is InChI=1S/C14H15ClO3/c1-18-10-3-2-9-8-4-6-14(15,7-5-8)12(9)11(10)13(16)17/h2-3,8H,4-7H2,1H3,(H,16,17). The molecule has 0 aliphatic heterocycles. The highest BCUT2D eigenvalue weighted by Crippen LogP contribution is 2.57. The molecule has 3 nitrogen and oxygen atoms in total. The van der Waals surface area contributed by atoms with E-state index in [-0.39, 0.29) is 5.56 Å². The topological polar surface area (TPSA) is 46.5 Å². The zero-order chi connectivity index (χ0) is 12.9. The average Bonchev–Trinajstić information content (AvgIpc) is 2.38. The minimum Gasteiger partial charge on any atom is -0.496 e. The molecule has 2 bridgehead atoms. The van der Waals surface area contributed by atoms with Crippen LogP contribution in [-0.4, -0.2) is 18.2 Å². The second-order valence-electron chi connectivity index (χ2n) is 5.15. The fourth-order valence-corrected chi connectivity index (χ4v) is 3.86. The maximum atomic E-state index is 11.5. The van der Waals surface area contributed by atoms with Crippen LogP contribution in [0.15, 0.2) is 12.1 Å². The first-order valence-electron chi connectivity index (χ1n) is 6.20. The molecule has 0 atom stereocenters. The number of fused-ring (bicyclic) bond motifs is 2. The maximum absolute atomic E-state index is 11.5. The Balaban J connectivity index is 2.31. The van der Waals surface area contributed by atoms with E-state index in [1.807, 2.05) is 6.07 Å². The van der Waals surface area contributed by atoms with E-state index in [0.717, 1.165) is 36.8 Å². The number of benzene rings is 1. The summed E-state index contributed by atoms with van der Waals surface area (Å²) in [4.78, 5) is 11.0. The Morgan fingerprint density at radius 3 is 2.67 bits per heavy atom. The lowest BCUT2D eigenvalue weighted by atomic mass is 9.65. The van der Waals surface area contributed by atoms with Crippen LogP contribution >= 0.6 is 11.6 Å². The number of carboxylic acids is 1. The van der Waals surface area contributed by atoms with E-state index in [4.69, 9.17) is 16.3 Å². The normalized spacial score (nSPS) is 28.9. The van der Waals surface area contributed by atoms with Crippen molar-refractivity contribution in [2.75, 3.05) is 7.11 Å². The summed E-state index contributed by atoms with van der Waals surface area (Å²) in [6, 6.07) is 3.74. The van der Waals surface area contributed by atoms with Crippen LogP contribution in [0.1, 0.15) is 53.1 Å². The molecule has 1 aromatic carbocycles. The van der Waals surface area contributed by atoms with Crippen LogP contribution < -0.4 is 4.74 Å². The van der Waals surface area contributed by atoms with Gasteiger partial charge in [0.25, 0.3) is 0 Å². The fraction of sp³-hybridized carbons (Fsp3) is 0.500. The van der Waals surface area contributed by atoms with E-state index < -0.39 is 10.8 Å². The molecule has 1 N–H and O–H groups in total. The number of hydrogen-bond donors (Lipinski definition) is 1. The summed E-state index contributed by atoms with van der Waals surface area (Å²) in [6.45, 7) is 0. The first kappa shape index (κ1) is 11.8. The van der Waals surface area contributed by atoms with E-state index in [2.05, 4.69) is 0 Å². The molecular formula is C14H15ClO3. The molecule has 4 heteroatoms. The zero-order valence-electron chi connectivity index (χ0n) is 10.2. The summed E-state index contributed by atoms with van der Waals surface area (Å²) >= 11 is 6.69. The van der Waals surface area contributed by atoms with Gasteiger partial charge in [-0.2, -0.15) is 0 Å². The first-order chi connectivity index (χ1) is 8.57. The van der Waals surface area contributed by atoms with Gasteiger partial charge in [0.05, 0.1) is 12.0 Å². The molecule has 0 amide bonds. The SMILES string of the molecule is COc1ccc2c(c1C(=O)O)C1(Cl)CCC2CC1.